The molecule has 1 aromatic heterocycles. The molecule has 17 heavy (non-hydrogen) atoms. The van der Waals surface area contributed by atoms with E-state index >= 15 is 0 Å². The van der Waals surface area contributed by atoms with Crippen molar-refractivity contribution in [3.8, 4) is 0 Å². The van der Waals surface area contributed by atoms with Gasteiger partial charge >= 0.3 is 0 Å². The molecule has 1 rings (SSSR count). The summed E-state index contributed by atoms with van der Waals surface area (Å²) < 4.78 is 7.00. The number of hydrogen-bond donors (Lipinski definition) is 0. The number of aryl methyl sites for hydroxylation is 1. The third kappa shape index (κ3) is 5.08. The van der Waals surface area contributed by atoms with Gasteiger partial charge in [0.15, 0.2) is 0 Å². The predicted octanol–water partition coefficient (Wildman–Crippen LogP) is 1.62. The highest BCUT2D eigenvalue weighted by molar-refractivity contribution is 5.80. The molecule has 0 radical (unpaired) electrons. The normalized spacial score (nSPS) is 10.7. The minimum Gasteiger partial charge on any atom is -0.382 e. The molecule has 0 aliphatic carbocycles. The van der Waals surface area contributed by atoms with Crippen LogP contribution in [-0.4, -0.2) is 33.8 Å². The number of rotatable bonds is 9. The fourth-order valence-corrected chi connectivity index (χ4v) is 1.60. The maximum Gasteiger partial charge on any atom is 0.140 e. The molecular weight excluding hydrogens is 218 g/mol. The Balaban J connectivity index is 2.31. The second-order valence-electron chi connectivity index (χ2n) is 3.92. The van der Waals surface area contributed by atoms with Gasteiger partial charge in [0.1, 0.15) is 17.9 Å². The molecule has 0 N–H and O–H groups in total. The van der Waals surface area contributed by atoms with Gasteiger partial charge in [-0.05, 0) is 19.8 Å². The van der Waals surface area contributed by atoms with E-state index in [0.717, 1.165) is 25.2 Å². The molecule has 0 fully saturated rings. The number of carbonyl (C=O) groups excluding carboxylic acids is 1. The Morgan fingerprint density at radius 2 is 2.29 bits per heavy atom. The lowest BCUT2D eigenvalue weighted by molar-refractivity contribution is -0.118. The van der Waals surface area contributed by atoms with Crippen LogP contribution in [0.5, 0.6) is 0 Å². The van der Waals surface area contributed by atoms with E-state index in [1.165, 1.54) is 6.33 Å². The van der Waals surface area contributed by atoms with Crippen molar-refractivity contribution in [2.75, 3.05) is 13.2 Å². The fourth-order valence-electron chi connectivity index (χ4n) is 1.60. The van der Waals surface area contributed by atoms with Gasteiger partial charge in [0.05, 0.1) is 6.42 Å². The summed E-state index contributed by atoms with van der Waals surface area (Å²) in [5, 5.41) is 4.10. The molecule has 0 aliphatic rings. The van der Waals surface area contributed by atoms with E-state index in [1.54, 1.807) is 4.68 Å². The molecule has 0 bridgehead atoms. The average molecular weight is 239 g/mol. The van der Waals surface area contributed by atoms with Crippen molar-refractivity contribution in [1.29, 1.82) is 0 Å². The summed E-state index contributed by atoms with van der Waals surface area (Å²) in [7, 11) is 0. The summed E-state index contributed by atoms with van der Waals surface area (Å²) in [6.45, 7) is 6.22. The van der Waals surface area contributed by atoms with Crippen molar-refractivity contribution in [1.82, 2.24) is 14.8 Å². The minimum atomic E-state index is 0.204. The van der Waals surface area contributed by atoms with E-state index < -0.39 is 0 Å². The number of ether oxygens (including phenoxy) is 1. The molecule has 96 valence electrons. The van der Waals surface area contributed by atoms with Crippen LogP contribution in [0.4, 0.5) is 0 Å². The van der Waals surface area contributed by atoms with E-state index in [4.69, 9.17) is 4.74 Å². The van der Waals surface area contributed by atoms with Gasteiger partial charge < -0.3 is 4.74 Å². The van der Waals surface area contributed by atoms with Crippen molar-refractivity contribution >= 4 is 5.78 Å². The van der Waals surface area contributed by atoms with E-state index in [0.29, 0.717) is 26.1 Å². The number of Topliss-reactive ketones (excluding diaryl/α,β-unsaturated/α-hetero) is 1. The molecule has 0 saturated carbocycles. The van der Waals surface area contributed by atoms with E-state index in [2.05, 4.69) is 17.0 Å². The molecule has 0 atom stereocenters. The van der Waals surface area contributed by atoms with Gasteiger partial charge in [-0.2, -0.15) is 5.10 Å². The second kappa shape index (κ2) is 7.95. The molecule has 5 nitrogen and oxygen atoms in total. The molecule has 0 aromatic carbocycles. The van der Waals surface area contributed by atoms with Crippen LogP contribution in [0, 0.1) is 0 Å². The Labute approximate surface area is 102 Å². The zero-order valence-electron chi connectivity index (χ0n) is 10.7. The first-order valence-electron chi connectivity index (χ1n) is 6.24. The largest absolute Gasteiger partial charge is 0.382 e. The molecule has 0 amide bonds. The molecule has 0 saturated heterocycles. The zero-order valence-corrected chi connectivity index (χ0v) is 10.7. The molecule has 1 heterocycles. The van der Waals surface area contributed by atoms with E-state index in [9.17, 15) is 4.79 Å². The Bertz CT molecular complexity index is 336. The number of ketones is 1. The first-order chi connectivity index (χ1) is 8.27. The van der Waals surface area contributed by atoms with Crippen molar-refractivity contribution < 1.29 is 9.53 Å². The first-order valence-corrected chi connectivity index (χ1v) is 6.24. The van der Waals surface area contributed by atoms with Crippen LogP contribution in [0.1, 0.15) is 38.9 Å². The topological polar surface area (TPSA) is 57.0 Å². The van der Waals surface area contributed by atoms with Gasteiger partial charge in [0.25, 0.3) is 0 Å². The second-order valence-corrected chi connectivity index (χ2v) is 3.92. The van der Waals surface area contributed by atoms with E-state index in [-0.39, 0.29) is 5.78 Å². The quantitative estimate of drug-likeness (QED) is 0.614. The SMILES string of the molecule is CCCn1ncnc1CC(=O)CCCOCC. The van der Waals surface area contributed by atoms with Gasteiger partial charge in [-0.1, -0.05) is 6.92 Å². The van der Waals surface area contributed by atoms with Crippen LogP contribution in [0.2, 0.25) is 0 Å². The number of nitrogens with zero attached hydrogens (tertiary/aromatic N) is 3. The molecule has 0 aliphatic heterocycles. The summed E-state index contributed by atoms with van der Waals surface area (Å²) in [4.78, 5) is 15.8. The highest BCUT2D eigenvalue weighted by Crippen LogP contribution is 2.02. The maximum absolute atomic E-state index is 11.7. The maximum atomic E-state index is 11.7. The van der Waals surface area contributed by atoms with Crippen LogP contribution in [0.15, 0.2) is 6.33 Å². The highest BCUT2D eigenvalue weighted by Gasteiger charge is 2.09. The minimum absolute atomic E-state index is 0.204. The smallest absolute Gasteiger partial charge is 0.140 e. The van der Waals surface area contributed by atoms with Crippen molar-refractivity contribution in [3.63, 3.8) is 0 Å². The molecule has 0 unspecified atom stereocenters. The van der Waals surface area contributed by atoms with Crippen LogP contribution in [-0.2, 0) is 22.5 Å². The lowest BCUT2D eigenvalue weighted by atomic mass is 10.1. The van der Waals surface area contributed by atoms with Crippen molar-refractivity contribution in [2.45, 2.75) is 46.1 Å². The Kier molecular flexibility index (Phi) is 6.47. The number of aromatic nitrogens is 3. The molecule has 1 aromatic rings. The van der Waals surface area contributed by atoms with Gasteiger partial charge in [-0.15, -0.1) is 0 Å². The monoisotopic (exact) mass is 239 g/mol. The van der Waals surface area contributed by atoms with Gasteiger partial charge in [-0.25, -0.2) is 9.67 Å². The zero-order chi connectivity index (χ0) is 12.5. The summed E-state index contributed by atoms with van der Waals surface area (Å²) in [6, 6.07) is 0. The fraction of sp³-hybridized carbons (Fsp3) is 0.750. The summed E-state index contributed by atoms with van der Waals surface area (Å²) in [5.41, 5.74) is 0. The lowest BCUT2D eigenvalue weighted by Crippen LogP contribution is -2.11. The Hall–Kier alpha value is -1.23. The Morgan fingerprint density at radius 3 is 3.00 bits per heavy atom. The van der Waals surface area contributed by atoms with Crippen LogP contribution < -0.4 is 0 Å². The summed E-state index contributed by atoms with van der Waals surface area (Å²) in [5.74, 6) is 0.975. The van der Waals surface area contributed by atoms with Gasteiger partial charge in [0.2, 0.25) is 0 Å². The summed E-state index contributed by atoms with van der Waals surface area (Å²) in [6.07, 6.45) is 4.23. The molecular formula is C12H21N3O2. The van der Waals surface area contributed by atoms with Gasteiger partial charge in [0, 0.05) is 26.2 Å². The Morgan fingerprint density at radius 1 is 1.47 bits per heavy atom. The van der Waals surface area contributed by atoms with Crippen LogP contribution >= 0.6 is 0 Å². The van der Waals surface area contributed by atoms with Crippen LogP contribution in [0.3, 0.4) is 0 Å². The molecule has 5 heteroatoms. The average Bonchev–Trinajstić information content (AvgIpc) is 2.73. The standard InChI is InChI=1S/C12H21N3O2/c1-3-7-15-12(13-10-14-15)9-11(16)6-5-8-17-4-2/h10H,3-9H2,1-2H3. The lowest BCUT2D eigenvalue weighted by Gasteiger charge is -2.04. The number of carbonyl (C=O) groups is 1. The third-order valence-corrected chi connectivity index (χ3v) is 2.43. The number of hydrogen-bond acceptors (Lipinski definition) is 4. The van der Waals surface area contributed by atoms with Gasteiger partial charge in [-0.3, -0.25) is 4.79 Å². The van der Waals surface area contributed by atoms with E-state index in [1.807, 2.05) is 6.92 Å². The van der Waals surface area contributed by atoms with Crippen molar-refractivity contribution in [2.24, 2.45) is 0 Å². The van der Waals surface area contributed by atoms with Crippen molar-refractivity contribution in [3.05, 3.63) is 12.2 Å². The predicted molar refractivity (Wildman–Crippen MR) is 64.8 cm³/mol. The highest BCUT2D eigenvalue weighted by atomic mass is 16.5. The van der Waals surface area contributed by atoms with Crippen LogP contribution in [0.25, 0.3) is 0 Å². The molecule has 0 spiro atoms. The first kappa shape index (κ1) is 13.8. The summed E-state index contributed by atoms with van der Waals surface area (Å²) >= 11 is 0. The third-order valence-electron chi connectivity index (χ3n) is 2.43.